The molecule has 0 unspecified atom stereocenters. The number of nitro groups is 1. The van der Waals surface area contributed by atoms with Crippen LogP contribution in [0.3, 0.4) is 0 Å². The Morgan fingerprint density at radius 2 is 1.40 bits per heavy atom. The number of methoxy groups -OCH3 is 1. The van der Waals surface area contributed by atoms with Crippen LogP contribution in [0.25, 0.3) is 0 Å². The van der Waals surface area contributed by atoms with Crippen LogP contribution in [0, 0.1) is 27.9 Å². The van der Waals surface area contributed by atoms with Gasteiger partial charge in [-0.05, 0) is 106 Å². The van der Waals surface area contributed by atoms with Gasteiger partial charge >= 0.3 is 41.7 Å². The van der Waals surface area contributed by atoms with Crippen molar-refractivity contribution in [3.63, 3.8) is 0 Å². The van der Waals surface area contributed by atoms with Crippen molar-refractivity contribution in [1.29, 1.82) is 0 Å². The van der Waals surface area contributed by atoms with E-state index in [1.807, 2.05) is 11.8 Å². The predicted molar refractivity (Wildman–Crippen MR) is 309 cm³/mol. The number of rotatable bonds is 18. The Kier molecular flexibility index (Phi) is 26.1. The summed E-state index contributed by atoms with van der Waals surface area (Å²) in [5, 5.41) is 60.7. The Morgan fingerprint density at radius 1 is 0.787 bits per heavy atom. The zero-order valence-corrected chi connectivity index (χ0v) is 54.3. The van der Waals surface area contributed by atoms with Crippen LogP contribution >= 0.6 is 0 Å². The molecule has 4 saturated heterocycles. The SMILES string of the molecule is CC[C@H]1OC(=O)[C@H](C)[C@@H](O[C@@H]2C[C@@](C)(OC)[C@@H](O)[C@H](C)O2)[C@H](C)[C@@H](O[C@@H]2O[C@H](C)C[C@H](N(C)C)[C@H]2OC(=O)OCc2ccc(O[C@@H]3O[C@H](COC(C)=O)[C@H](OC(C)=O)[C@H](OC(C)=O)[C@H]3OC(C)=O)c([N+](=O)[O-])c2)[C@](C)(O)C[C@@H](C)CN(C)[C@H](C)[C@@H](O)[C@]1(C)O. The predicted octanol–water partition coefficient (Wildman–Crippen LogP) is 3.63. The van der Waals surface area contributed by atoms with Gasteiger partial charge in [-0.25, -0.2) is 4.79 Å². The Bertz CT molecular complexity index is 2590. The topological polar surface area (TPSA) is 362 Å². The molecule has 1 aromatic carbocycles. The minimum absolute atomic E-state index is 0.00717. The van der Waals surface area contributed by atoms with Crippen LogP contribution in [-0.4, -0.2) is 234 Å². The quantitative estimate of drug-likeness (QED) is 0.0705. The van der Waals surface area contributed by atoms with Crippen LogP contribution in [-0.2, 0) is 92.2 Å². The largest absolute Gasteiger partial charge is 0.509 e. The summed E-state index contributed by atoms with van der Waals surface area (Å²) in [5.41, 5.74) is -5.61. The minimum Gasteiger partial charge on any atom is -0.463 e. The summed E-state index contributed by atoms with van der Waals surface area (Å²) in [7, 11) is 6.71. The highest BCUT2D eigenvalue weighted by Crippen LogP contribution is 2.42. The molecule has 4 aliphatic rings. The Labute approximate surface area is 519 Å². The van der Waals surface area contributed by atoms with E-state index in [2.05, 4.69) is 0 Å². The second-order valence-corrected chi connectivity index (χ2v) is 25.0. The fourth-order valence-corrected chi connectivity index (χ4v) is 12.4. The lowest BCUT2D eigenvalue weighted by Gasteiger charge is -2.49. The van der Waals surface area contributed by atoms with Gasteiger partial charge in [0.1, 0.15) is 43.2 Å². The van der Waals surface area contributed by atoms with E-state index in [9.17, 15) is 59.3 Å². The number of carbonyl (C=O) groups is 6. The number of carbonyl (C=O) groups excluding carboxylic acids is 6. The molecule has 1 aromatic rings. The lowest BCUT2D eigenvalue weighted by atomic mass is 9.77. The minimum atomic E-state index is -1.94. The van der Waals surface area contributed by atoms with Crippen LogP contribution in [0.4, 0.5) is 10.5 Å². The summed E-state index contributed by atoms with van der Waals surface area (Å²) in [6.45, 7) is 20.0. The van der Waals surface area contributed by atoms with Crippen molar-refractivity contribution in [2.24, 2.45) is 17.8 Å². The van der Waals surface area contributed by atoms with Crippen LogP contribution < -0.4 is 4.74 Å². The molecular weight excluding hydrogens is 1180 g/mol. The molecule has 0 spiro atoms. The van der Waals surface area contributed by atoms with E-state index in [1.54, 1.807) is 81.4 Å². The molecule has 0 radical (unpaired) electrons. The average molecular weight is 1270 g/mol. The van der Waals surface area contributed by atoms with Crippen molar-refractivity contribution in [3.8, 4) is 5.75 Å². The lowest BCUT2D eigenvalue weighted by molar-refractivity contribution is -0.387. The van der Waals surface area contributed by atoms with Crippen LogP contribution in [0.5, 0.6) is 5.75 Å². The summed E-state index contributed by atoms with van der Waals surface area (Å²) in [6.07, 6.45) is -20.5. The standard InChI is InChI=1S/C60H95N3O26/c1-19-44-60(14,73)51(68)33(6)62(17)26-29(2)24-58(12,72)53(31(4)46(32(5)54(70)86-44)87-45-25-59(13,76-18)52(69)34(7)80-45)89-55-47(41(61(15)16)22-30(3)79-55)88-57(71)78-27-39-20-21-42(40(23-39)63(74)75)84-56-50(83-38(11)67)49(82-37(10)66)48(81-36(9)65)43(85-56)28-77-35(8)64/h20-21,23,29-34,41,43-53,55-56,68-69,72-73H,19,22,24-28H2,1-18H3/t29-,30-,31+,32-,33-,34+,41+,43-,44-,45-,46+,47-,48+,49+,50-,51-,52+,53-,55+,56-,58-,59-,60-/m1/s1. The summed E-state index contributed by atoms with van der Waals surface area (Å²) in [4.78, 5) is 93.3. The van der Waals surface area contributed by atoms with E-state index in [0.717, 1.165) is 39.8 Å². The maximum absolute atomic E-state index is 14.7. The van der Waals surface area contributed by atoms with E-state index in [-0.39, 0.29) is 30.7 Å². The lowest BCUT2D eigenvalue weighted by Crippen LogP contribution is -2.63. The zero-order valence-electron chi connectivity index (χ0n) is 54.3. The number of hydrogen-bond acceptors (Lipinski definition) is 28. The molecule has 29 heteroatoms. The van der Waals surface area contributed by atoms with Crippen LogP contribution in [0.15, 0.2) is 18.2 Å². The van der Waals surface area contributed by atoms with Gasteiger partial charge < -0.3 is 96.5 Å². The monoisotopic (exact) mass is 1270 g/mol. The molecule has 4 aliphatic heterocycles. The van der Waals surface area contributed by atoms with Crippen molar-refractivity contribution in [2.45, 2.75) is 250 Å². The van der Waals surface area contributed by atoms with Gasteiger partial charge in [0.15, 0.2) is 36.6 Å². The van der Waals surface area contributed by atoms with Gasteiger partial charge in [0.2, 0.25) is 12.4 Å². The molecule has 29 nitrogen and oxygen atoms in total. The van der Waals surface area contributed by atoms with E-state index >= 15 is 0 Å². The summed E-state index contributed by atoms with van der Waals surface area (Å²) < 4.78 is 83.6. The van der Waals surface area contributed by atoms with Gasteiger partial charge in [-0.3, -0.25) is 34.1 Å². The van der Waals surface area contributed by atoms with Crippen molar-refractivity contribution in [1.82, 2.24) is 9.80 Å². The number of likely N-dealkylation sites (N-methyl/N-ethyl adjacent to an activating group) is 2. The summed E-state index contributed by atoms with van der Waals surface area (Å²) in [6, 6.07) is 2.14. The normalized spacial score (nSPS) is 38.6. The Morgan fingerprint density at radius 3 is 1.98 bits per heavy atom. The van der Waals surface area contributed by atoms with Crippen LogP contribution in [0.1, 0.15) is 128 Å². The number of benzene rings is 1. The third-order valence-corrected chi connectivity index (χ3v) is 17.2. The first-order chi connectivity index (χ1) is 41.3. The third-order valence-electron chi connectivity index (χ3n) is 17.2. The summed E-state index contributed by atoms with van der Waals surface area (Å²) in [5.74, 6) is -7.37. The molecular formula is C60H95N3O26. The molecule has 89 heavy (non-hydrogen) atoms. The van der Waals surface area contributed by atoms with Crippen molar-refractivity contribution >= 4 is 41.7 Å². The van der Waals surface area contributed by atoms with Gasteiger partial charge in [-0.15, -0.1) is 0 Å². The van der Waals surface area contributed by atoms with Crippen LogP contribution in [0.2, 0.25) is 0 Å². The smallest absolute Gasteiger partial charge is 0.463 e. The van der Waals surface area contributed by atoms with Gasteiger partial charge in [0.25, 0.3) is 0 Å². The van der Waals surface area contributed by atoms with E-state index in [4.69, 9.17) is 66.3 Å². The molecule has 0 bridgehead atoms. The molecule has 23 atom stereocenters. The Balaban J connectivity index is 1.51. The third kappa shape index (κ3) is 18.9. The highest BCUT2D eigenvalue weighted by molar-refractivity contribution is 5.73. The molecule has 5 rings (SSSR count). The number of aliphatic hydroxyl groups is 4. The maximum Gasteiger partial charge on any atom is 0.509 e. The van der Waals surface area contributed by atoms with Crippen molar-refractivity contribution in [2.75, 3.05) is 41.4 Å². The number of nitro benzene ring substituents is 1. The van der Waals surface area contributed by atoms with E-state index < -0.39 is 198 Å². The zero-order chi connectivity index (χ0) is 66.9. The first-order valence-electron chi connectivity index (χ1n) is 30.0. The Hall–Kier alpha value is -5.44. The summed E-state index contributed by atoms with van der Waals surface area (Å²) >= 11 is 0. The fraction of sp³-hybridized carbons (Fsp3) is 0.800. The second-order valence-electron chi connectivity index (χ2n) is 25.0. The molecule has 506 valence electrons. The number of ether oxygens (including phenoxy) is 14. The van der Waals surface area contributed by atoms with Gasteiger partial charge in [-0.2, -0.15) is 0 Å². The number of aliphatic hydroxyl groups excluding tert-OH is 2. The molecule has 0 aliphatic carbocycles. The molecule has 0 saturated carbocycles. The highest BCUT2D eigenvalue weighted by Gasteiger charge is 2.56. The van der Waals surface area contributed by atoms with Gasteiger partial charge in [-0.1, -0.05) is 26.8 Å². The van der Waals surface area contributed by atoms with Gasteiger partial charge in [0.05, 0.1) is 52.5 Å². The number of esters is 5. The van der Waals surface area contributed by atoms with Gasteiger partial charge in [0, 0.05) is 65.8 Å². The highest BCUT2D eigenvalue weighted by atomic mass is 16.8. The molecule has 0 amide bonds. The first kappa shape index (κ1) is 74.3. The molecule has 4 fully saturated rings. The number of nitrogens with zero attached hydrogens (tertiary/aromatic N) is 3. The molecule has 4 heterocycles. The number of cyclic esters (lactones) is 1. The average Bonchev–Trinajstić information content (AvgIpc) is 1.48. The maximum atomic E-state index is 14.7. The molecule has 4 N–H and O–H groups in total. The van der Waals surface area contributed by atoms with Crippen molar-refractivity contribution < 1.29 is 120 Å². The van der Waals surface area contributed by atoms with Crippen molar-refractivity contribution in [3.05, 3.63) is 33.9 Å². The fourth-order valence-electron chi connectivity index (χ4n) is 12.4. The number of hydrogen-bond donors (Lipinski definition) is 4. The van der Waals surface area contributed by atoms with E-state index in [1.165, 1.54) is 20.1 Å². The second kappa shape index (κ2) is 31.3. The first-order valence-corrected chi connectivity index (χ1v) is 30.0. The van der Waals surface area contributed by atoms with E-state index in [0.29, 0.717) is 13.0 Å². The molecule has 0 aromatic heterocycles.